The maximum Gasteiger partial charge on any atom is 0.236 e. The normalized spacial score (nSPS) is 11.3. The van der Waals surface area contributed by atoms with Crippen LogP contribution in [-0.4, -0.2) is 11.6 Å². The second-order valence-corrected chi connectivity index (χ2v) is 3.16. The summed E-state index contributed by atoms with van der Waals surface area (Å²) in [6.07, 6.45) is 0. The number of carbonyl (C=O) groups is 1. The lowest BCUT2D eigenvalue weighted by atomic mass is 10.2. The first kappa shape index (κ1) is 8.93. The minimum absolute atomic E-state index is 0.149. The second-order valence-electron chi connectivity index (χ2n) is 2.38. The van der Waals surface area contributed by atoms with E-state index < -0.39 is 0 Å². The zero-order chi connectivity index (χ0) is 8.97. The molecule has 0 saturated carbocycles. The molecule has 0 fully saturated rings. The third-order valence-corrected chi connectivity index (χ3v) is 2.00. The molecule has 3 nitrogen and oxygen atoms in total. The molecular weight excluding hydrogens is 172 g/mol. The van der Waals surface area contributed by atoms with E-state index in [0.29, 0.717) is 0 Å². The third-order valence-electron chi connectivity index (χ3n) is 1.32. The molecule has 4 heteroatoms. The lowest BCUT2D eigenvalue weighted by Crippen LogP contribution is -2.14. The van der Waals surface area contributed by atoms with E-state index in [4.69, 9.17) is 0 Å². The molecule has 0 bridgehead atoms. The van der Waals surface area contributed by atoms with Crippen LogP contribution in [0.4, 0.5) is 0 Å². The molecule has 1 aromatic heterocycles. The highest BCUT2D eigenvalue weighted by Gasteiger charge is 1.96. The van der Waals surface area contributed by atoms with Crippen molar-refractivity contribution in [1.82, 2.24) is 5.43 Å². The minimum atomic E-state index is -0.149. The van der Waals surface area contributed by atoms with E-state index in [1.165, 1.54) is 6.92 Å². The van der Waals surface area contributed by atoms with Crippen molar-refractivity contribution >= 4 is 23.0 Å². The Morgan fingerprint density at radius 3 is 2.83 bits per heavy atom. The topological polar surface area (TPSA) is 41.5 Å². The van der Waals surface area contributed by atoms with Gasteiger partial charge < -0.3 is 0 Å². The summed E-state index contributed by atoms with van der Waals surface area (Å²) in [6, 6.07) is 1.96. The fourth-order valence-corrected chi connectivity index (χ4v) is 1.40. The lowest BCUT2D eigenvalue weighted by molar-refractivity contribution is -0.118. The van der Waals surface area contributed by atoms with Crippen LogP contribution in [-0.2, 0) is 4.79 Å². The van der Waals surface area contributed by atoms with E-state index in [-0.39, 0.29) is 5.91 Å². The quantitative estimate of drug-likeness (QED) is 0.548. The van der Waals surface area contributed by atoms with Crippen molar-refractivity contribution in [3.05, 3.63) is 22.4 Å². The summed E-state index contributed by atoms with van der Waals surface area (Å²) < 4.78 is 0. The zero-order valence-corrected chi connectivity index (χ0v) is 7.81. The number of rotatable bonds is 2. The number of amides is 1. The van der Waals surface area contributed by atoms with Crippen molar-refractivity contribution in [1.29, 1.82) is 0 Å². The smallest absolute Gasteiger partial charge is 0.236 e. The van der Waals surface area contributed by atoms with Gasteiger partial charge in [-0.1, -0.05) is 0 Å². The molecule has 0 saturated heterocycles. The van der Waals surface area contributed by atoms with Crippen LogP contribution in [0.5, 0.6) is 0 Å². The second kappa shape index (κ2) is 4.01. The van der Waals surface area contributed by atoms with Gasteiger partial charge in [0.1, 0.15) is 0 Å². The van der Waals surface area contributed by atoms with Gasteiger partial charge in [-0.2, -0.15) is 16.4 Å². The number of thiophene rings is 1. The number of carbonyl (C=O) groups excluding carboxylic acids is 1. The largest absolute Gasteiger partial charge is 0.274 e. The van der Waals surface area contributed by atoms with Gasteiger partial charge in [0.05, 0.1) is 5.71 Å². The summed E-state index contributed by atoms with van der Waals surface area (Å²) >= 11 is 1.61. The maximum absolute atomic E-state index is 10.5. The molecule has 0 unspecified atom stereocenters. The molecule has 1 heterocycles. The van der Waals surface area contributed by atoms with Gasteiger partial charge in [-0.15, -0.1) is 0 Å². The first-order valence-electron chi connectivity index (χ1n) is 3.53. The number of nitrogens with one attached hydrogen (secondary N) is 1. The highest BCUT2D eigenvalue weighted by Crippen LogP contribution is 2.06. The van der Waals surface area contributed by atoms with Gasteiger partial charge in [0.2, 0.25) is 5.91 Å². The average molecular weight is 182 g/mol. The number of nitrogens with zero attached hydrogens (tertiary/aromatic N) is 1. The predicted octanol–water partition coefficient (Wildman–Crippen LogP) is 1.61. The summed E-state index contributed by atoms with van der Waals surface area (Å²) in [6.45, 7) is 3.29. The zero-order valence-electron chi connectivity index (χ0n) is 7.00. The Morgan fingerprint density at radius 2 is 2.33 bits per heavy atom. The van der Waals surface area contributed by atoms with E-state index in [1.807, 2.05) is 23.8 Å². The first-order valence-corrected chi connectivity index (χ1v) is 4.48. The summed E-state index contributed by atoms with van der Waals surface area (Å²) in [5, 5.41) is 7.85. The van der Waals surface area contributed by atoms with Gasteiger partial charge in [0.25, 0.3) is 0 Å². The molecule has 0 aliphatic carbocycles. The average Bonchev–Trinajstić information content (AvgIpc) is 2.51. The van der Waals surface area contributed by atoms with Crippen molar-refractivity contribution in [2.75, 3.05) is 0 Å². The maximum atomic E-state index is 10.5. The van der Waals surface area contributed by atoms with Gasteiger partial charge >= 0.3 is 0 Å². The molecule has 0 radical (unpaired) electrons. The molecule has 0 aliphatic heterocycles. The fourth-order valence-electron chi connectivity index (χ4n) is 0.697. The van der Waals surface area contributed by atoms with E-state index in [1.54, 1.807) is 11.3 Å². The van der Waals surface area contributed by atoms with Crippen LogP contribution in [0.2, 0.25) is 0 Å². The molecule has 1 rings (SSSR count). The molecule has 0 spiro atoms. The Balaban J connectivity index is 2.65. The summed E-state index contributed by atoms with van der Waals surface area (Å²) in [5.41, 5.74) is 4.26. The lowest BCUT2D eigenvalue weighted by Gasteiger charge is -1.95. The van der Waals surface area contributed by atoms with Crippen LogP contribution in [0.1, 0.15) is 19.4 Å². The summed E-state index contributed by atoms with van der Waals surface area (Å²) in [5.74, 6) is -0.149. The number of hydrazone groups is 1. The van der Waals surface area contributed by atoms with Gasteiger partial charge in [-0.05, 0) is 23.8 Å². The minimum Gasteiger partial charge on any atom is -0.274 e. The van der Waals surface area contributed by atoms with Crippen LogP contribution < -0.4 is 5.43 Å². The van der Waals surface area contributed by atoms with E-state index in [0.717, 1.165) is 11.3 Å². The van der Waals surface area contributed by atoms with E-state index in [9.17, 15) is 4.79 Å². The Hall–Kier alpha value is -1.16. The molecule has 0 aliphatic rings. The molecule has 1 amide bonds. The Kier molecular flexibility index (Phi) is 2.99. The SMILES string of the molecule is CC(=O)N/N=C(/C)c1ccsc1. The molecule has 0 aromatic carbocycles. The van der Waals surface area contributed by atoms with Crippen molar-refractivity contribution < 1.29 is 4.79 Å². The Morgan fingerprint density at radius 1 is 1.58 bits per heavy atom. The first-order chi connectivity index (χ1) is 5.70. The molecule has 12 heavy (non-hydrogen) atoms. The van der Waals surface area contributed by atoms with Gasteiger partial charge in [-0.25, -0.2) is 5.43 Å². The highest BCUT2D eigenvalue weighted by molar-refractivity contribution is 7.08. The van der Waals surface area contributed by atoms with Crippen LogP contribution in [0, 0.1) is 0 Å². The van der Waals surface area contributed by atoms with E-state index >= 15 is 0 Å². The van der Waals surface area contributed by atoms with Crippen molar-refractivity contribution in [2.24, 2.45) is 5.10 Å². The molecule has 0 atom stereocenters. The van der Waals surface area contributed by atoms with Gasteiger partial charge in [0, 0.05) is 12.5 Å². The van der Waals surface area contributed by atoms with E-state index in [2.05, 4.69) is 10.5 Å². The monoisotopic (exact) mass is 182 g/mol. The van der Waals surface area contributed by atoms with Crippen LogP contribution in [0.15, 0.2) is 21.9 Å². The molecular formula is C8H10N2OS. The summed E-state index contributed by atoms with van der Waals surface area (Å²) in [4.78, 5) is 10.5. The standard InChI is InChI=1S/C8H10N2OS/c1-6(9-10-7(2)11)8-3-4-12-5-8/h3-5H,1-2H3,(H,10,11)/b9-6-. The van der Waals surface area contributed by atoms with Crippen molar-refractivity contribution in [3.63, 3.8) is 0 Å². The highest BCUT2D eigenvalue weighted by atomic mass is 32.1. The Bertz CT molecular complexity index is 290. The number of hydrogen-bond acceptors (Lipinski definition) is 3. The predicted molar refractivity (Wildman–Crippen MR) is 50.3 cm³/mol. The van der Waals surface area contributed by atoms with Gasteiger partial charge in [0.15, 0.2) is 0 Å². The fraction of sp³-hybridized carbons (Fsp3) is 0.250. The molecule has 1 N–H and O–H groups in total. The summed E-state index contributed by atoms with van der Waals surface area (Å²) in [7, 11) is 0. The third kappa shape index (κ3) is 2.47. The van der Waals surface area contributed by atoms with Crippen LogP contribution in [0.25, 0.3) is 0 Å². The molecule has 1 aromatic rings. The number of hydrogen-bond donors (Lipinski definition) is 1. The van der Waals surface area contributed by atoms with Gasteiger partial charge in [-0.3, -0.25) is 4.79 Å². The van der Waals surface area contributed by atoms with Crippen LogP contribution in [0.3, 0.4) is 0 Å². The van der Waals surface area contributed by atoms with Crippen LogP contribution >= 0.6 is 11.3 Å². The van der Waals surface area contributed by atoms with Crippen molar-refractivity contribution in [3.8, 4) is 0 Å². The van der Waals surface area contributed by atoms with Crippen molar-refractivity contribution in [2.45, 2.75) is 13.8 Å². The molecule has 64 valence electrons. The Labute approximate surface area is 75.1 Å².